The van der Waals surface area contributed by atoms with Gasteiger partial charge < -0.3 is 10.3 Å². The Morgan fingerprint density at radius 3 is 3.07 bits per heavy atom. The summed E-state index contributed by atoms with van der Waals surface area (Å²) in [7, 11) is 0. The van der Waals surface area contributed by atoms with E-state index in [9.17, 15) is 0 Å². The standard InChI is InChI=1S/C12H13ClN2/c13-10-2-1-3-11-12(10)8(7-15-11)6-14-9-4-5-9/h1-3,7,9,14-15H,4-6H2. The van der Waals surface area contributed by atoms with Gasteiger partial charge >= 0.3 is 0 Å². The first-order valence-electron chi connectivity index (χ1n) is 5.32. The summed E-state index contributed by atoms with van der Waals surface area (Å²) in [6.07, 6.45) is 4.68. The zero-order valence-electron chi connectivity index (χ0n) is 8.39. The highest BCUT2D eigenvalue weighted by atomic mass is 35.5. The monoisotopic (exact) mass is 220 g/mol. The normalized spacial score (nSPS) is 16.1. The van der Waals surface area contributed by atoms with Crippen molar-refractivity contribution in [2.45, 2.75) is 25.4 Å². The van der Waals surface area contributed by atoms with E-state index < -0.39 is 0 Å². The molecule has 0 amide bonds. The molecule has 3 heteroatoms. The van der Waals surface area contributed by atoms with Crippen LogP contribution in [0, 0.1) is 0 Å². The number of benzene rings is 1. The van der Waals surface area contributed by atoms with Gasteiger partial charge in [0.2, 0.25) is 0 Å². The van der Waals surface area contributed by atoms with Crippen LogP contribution in [0.1, 0.15) is 18.4 Å². The zero-order chi connectivity index (χ0) is 10.3. The van der Waals surface area contributed by atoms with Gasteiger partial charge in [-0.25, -0.2) is 0 Å². The Bertz CT molecular complexity index is 485. The van der Waals surface area contributed by atoms with Crippen LogP contribution in [0.15, 0.2) is 24.4 Å². The van der Waals surface area contributed by atoms with Crippen LogP contribution in [-0.2, 0) is 6.54 Å². The van der Waals surface area contributed by atoms with Crippen molar-refractivity contribution in [3.8, 4) is 0 Å². The van der Waals surface area contributed by atoms with Gasteiger partial charge in [-0.15, -0.1) is 0 Å². The van der Waals surface area contributed by atoms with E-state index >= 15 is 0 Å². The van der Waals surface area contributed by atoms with Crippen LogP contribution >= 0.6 is 11.6 Å². The predicted molar refractivity (Wildman–Crippen MR) is 63.2 cm³/mol. The Kier molecular flexibility index (Phi) is 2.19. The molecule has 0 bridgehead atoms. The summed E-state index contributed by atoms with van der Waals surface area (Å²) in [5, 5.41) is 5.49. The average molecular weight is 221 g/mol. The molecule has 3 rings (SSSR count). The van der Waals surface area contributed by atoms with Gasteiger partial charge in [0.25, 0.3) is 0 Å². The number of aromatic amines is 1. The highest BCUT2D eigenvalue weighted by Crippen LogP contribution is 2.27. The van der Waals surface area contributed by atoms with Crippen LogP contribution in [0.2, 0.25) is 5.02 Å². The lowest BCUT2D eigenvalue weighted by molar-refractivity contribution is 0.691. The minimum Gasteiger partial charge on any atom is -0.361 e. The first-order chi connectivity index (χ1) is 7.34. The number of nitrogens with one attached hydrogen (secondary N) is 2. The summed E-state index contributed by atoms with van der Waals surface area (Å²) >= 11 is 6.19. The second-order valence-corrected chi connectivity index (χ2v) is 4.54. The molecule has 1 fully saturated rings. The number of fused-ring (bicyclic) bond motifs is 1. The van der Waals surface area contributed by atoms with Gasteiger partial charge in [0, 0.05) is 29.7 Å². The summed E-state index contributed by atoms with van der Waals surface area (Å²) < 4.78 is 0. The number of halogens is 1. The van der Waals surface area contributed by atoms with Crippen molar-refractivity contribution in [1.82, 2.24) is 10.3 Å². The Morgan fingerprint density at radius 1 is 1.40 bits per heavy atom. The molecule has 1 aliphatic carbocycles. The molecule has 0 aliphatic heterocycles. The molecule has 1 saturated carbocycles. The van der Waals surface area contributed by atoms with Crippen molar-refractivity contribution >= 4 is 22.5 Å². The number of hydrogen-bond acceptors (Lipinski definition) is 1. The van der Waals surface area contributed by atoms with Gasteiger partial charge in [0.05, 0.1) is 5.02 Å². The zero-order valence-corrected chi connectivity index (χ0v) is 9.14. The quantitative estimate of drug-likeness (QED) is 0.818. The Labute approximate surface area is 93.6 Å². The largest absolute Gasteiger partial charge is 0.361 e. The fourth-order valence-electron chi connectivity index (χ4n) is 1.89. The molecule has 0 saturated heterocycles. The van der Waals surface area contributed by atoms with Crippen molar-refractivity contribution in [3.63, 3.8) is 0 Å². The maximum atomic E-state index is 6.19. The minimum atomic E-state index is 0.734. The second kappa shape index (κ2) is 3.54. The Hall–Kier alpha value is -0.990. The van der Waals surface area contributed by atoms with Crippen molar-refractivity contribution in [3.05, 3.63) is 35.0 Å². The lowest BCUT2D eigenvalue weighted by Crippen LogP contribution is -2.14. The van der Waals surface area contributed by atoms with E-state index in [2.05, 4.69) is 16.4 Å². The SMILES string of the molecule is Clc1cccc2[nH]cc(CNC3CC3)c12. The average Bonchev–Trinajstić information content (AvgIpc) is 2.96. The molecule has 0 unspecified atom stereocenters. The molecular formula is C12H13ClN2. The van der Waals surface area contributed by atoms with Gasteiger partial charge in [-0.2, -0.15) is 0 Å². The molecule has 15 heavy (non-hydrogen) atoms. The first-order valence-corrected chi connectivity index (χ1v) is 5.70. The predicted octanol–water partition coefficient (Wildman–Crippen LogP) is 3.07. The van der Waals surface area contributed by atoms with Gasteiger partial charge in [-0.05, 0) is 30.5 Å². The molecule has 2 aromatic rings. The number of aromatic nitrogens is 1. The van der Waals surface area contributed by atoms with Crippen LogP contribution < -0.4 is 5.32 Å². The first kappa shape index (κ1) is 9.25. The highest BCUT2D eigenvalue weighted by molar-refractivity contribution is 6.35. The van der Waals surface area contributed by atoms with Crippen LogP contribution in [0.4, 0.5) is 0 Å². The van der Waals surface area contributed by atoms with E-state index in [1.165, 1.54) is 18.4 Å². The van der Waals surface area contributed by atoms with E-state index in [1.54, 1.807) is 0 Å². The van der Waals surface area contributed by atoms with Crippen molar-refractivity contribution < 1.29 is 0 Å². The van der Waals surface area contributed by atoms with Gasteiger partial charge in [-0.1, -0.05) is 17.7 Å². The molecule has 2 N–H and O–H groups in total. The summed E-state index contributed by atoms with van der Waals surface area (Å²) in [5.41, 5.74) is 2.39. The van der Waals surface area contributed by atoms with Crippen LogP contribution in [0.25, 0.3) is 10.9 Å². The summed E-state index contributed by atoms with van der Waals surface area (Å²) in [6, 6.07) is 6.71. The lowest BCUT2D eigenvalue weighted by Gasteiger charge is -2.02. The third-order valence-electron chi connectivity index (χ3n) is 2.90. The molecule has 1 heterocycles. The topological polar surface area (TPSA) is 27.8 Å². The molecule has 78 valence electrons. The molecular weight excluding hydrogens is 208 g/mol. The maximum absolute atomic E-state index is 6.19. The van der Waals surface area contributed by atoms with Crippen LogP contribution in [0.3, 0.4) is 0 Å². The molecule has 0 radical (unpaired) electrons. The fourth-order valence-corrected chi connectivity index (χ4v) is 2.18. The summed E-state index contributed by atoms with van der Waals surface area (Å²) in [4.78, 5) is 3.25. The fraction of sp³-hybridized carbons (Fsp3) is 0.333. The molecule has 1 aliphatic rings. The van der Waals surface area contributed by atoms with Crippen LogP contribution in [-0.4, -0.2) is 11.0 Å². The number of H-pyrrole nitrogens is 1. The van der Waals surface area contributed by atoms with Crippen molar-refractivity contribution in [2.75, 3.05) is 0 Å². The Morgan fingerprint density at radius 2 is 2.27 bits per heavy atom. The molecule has 0 spiro atoms. The molecule has 1 aromatic carbocycles. The third-order valence-corrected chi connectivity index (χ3v) is 3.21. The van der Waals surface area contributed by atoms with Gasteiger partial charge in [-0.3, -0.25) is 0 Å². The summed E-state index contributed by atoms with van der Waals surface area (Å²) in [5.74, 6) is 0. The van der Waals surface area contributed by atoms with E-state index in [1.807, 2.05) is 18.3 Å². The molecule has 2 nitrogen and oxygen atoms in total. The molecule has 1 aromatic heterocycles. The van der Waals surface area contributed by atoms with Crippen molar-refractivity contribution in [2.24, 2.45) is 0 Å². The van der Waals surface area contributed by atoms with Crippen LogP contribution in [0.5, 0.6) is 0 Å². The third kappa shape index (κ3) is 1.75. The Balaban J connectivity index is 1.94. The smallest absolute Gasteiger partial charge is 0.0503 e. The lowest BCUT2D eigenvalue weighted by atomic mass is 10.2. The maximum Gasteiger partial charge on any atom is 0.0503 e. The van der Waals surface area contributed by atoms with E-state index in [4.69, 9.17) is 11.6 Å². The summed E-state index contributed by atoms with van der Waals surface area (Å²) in [6.45, 7) is 0.911. The van der Waals surface area contributed by atoms with E-state index in [-0.39, 0.29) is 0 Å². The number of hydrogen-bond donors (Lipinski definition) is 2. The second-order valence-electron chi connectivity index (χ2n) is 4.13. The van der Waals surface area contributed by atoms with Gasteiger partial charge in [0.1, 0.15) is 0 Å². The van der Waals surface area contributed by atoms with E-state index in [0.29, 0.717) is 0 Å². The van der Waals surface area contributed by atoms with E-state index in [0.717, 1.165) is 28.5 Å². The van der Waals surface area contributed by atoms with Gasteiger partial charge in [0.15, 0.2) is 0 Å². The molecule has 0 atom stereocenters. The number of rotatable bonds is 3. The van der Waals surface area contributed by atoms with Crippen molar-refractivity contribution in [1.29, 1.82) is 0 Å². The minimum absolute atomic E-state index is 0.734. The highest BCUT2D eigenvalue weighted by Gasteiger charge is 2.20.